The lowest BCUT2D eigenvalue weighted by atomic mass is 10.1. The van der Waals surface area contributed by atoms with Crippen LogP contribution in [-0.2, 0) is 17.9 Å². The molecule has 7 nitrogen and oxygen atoms in total. The molecule has 1 amide bonds. The zero-order chi connectivity index (χ0) is 17.7. The largest absolute Gasteiger partial charge is 0.506 e. The third kappa shape index (κ3) is 4.02. The number of benzene rings is 1. The van der Waals surface area contributed by atoms with E-state index in [-0.39, 0.29) is 24.8 Å². The Bertz CT molecular complexity index is 788. The number of carbonyl (C=O) groups is 1. The Kier molecular flexibility index (Phi) is 5.39. The van der Waals surface area contributed by atoms with E-state index in [9.17, 15) is 15.0 Å². The van der Waals surface area contributed by atoms with E-state index in [1.54, 1.807) is 31.2 Å². The summed E-state index contributed by atoms with van der Waals surface area (Å²) >= 11 is 0. The molecule has 126 valence electrons. The number of nitrogens with zero attached hydrogens (tertiary/aromatic N) is 1. The molecular weight excluding hydrogens is 308 g/mol. The van der Waals surface area contributed by atoms with Crippen LogP contribution in [0.25, 0.3) is 6.08 Å². The van der Waals surface area contributed by atoms with Crippen LogP contribution in [-0.4, -0.2) is 21.1 Å². The smallest absolute Gasteiger partial charge is 0.244 e. The van der Waals surface area contributed by atoms with Gasteiger partial charge < -0.3 is 27.0 Å². The van der Waals surface area contributed by atoms with Crippen LogP contribution in [0.4, 0.5) is 11.4 Å². The van der Waals surface area contributed by atoms with E-state index in [0.29, 0.717) is 33.8 Å². The Hall–Kier alpha value is -3.06. The monoisotopic (exact) mass is 328 g/mol. The number of hydrogen-bond donors (Lipinski definition) is 5. The Morgan fingerprint density at radius 2 is 2.12 bits per heavy atom. The summed E-state index contributed by atoms with van der Waals surface area (Å²) in [5.41, 5.74) is 14.5. The molecule has 1 heterocycles. The summed E-state index contributed by atoms with van der Waals surface area (Å²) in [6.07, 6.45) is 4.36. The van der Waals surface area contributed by atoms with Crippen LogP contribution in [0.1, 0.15) is 22.4 Å². The van der Waals surface area contributed by atoms with Crippen molar-refractivity contribution >= 4 is 23.4 Å². The highest BCUT2D eigenvalue weighted by Crippen LogP contribution is 2.23. The third-order valence-corrected chi connectivity index (χ3v) is 3.57. The van der Waals surface area contributed by atoms with E-state index in [1.807, 2.05) is 0 Å². The topological polar surface area (TPSA) is 134 Å². The number of aromatic nitrogens is 1. The molecule has 0 atom stereocenters. The summed E-state index contributed by atoms with van der Waals surface area (Å²) in [6, 6.07) is 5.01. The summed E-state index contributed by atoms with van der Waals surface area (Å²) < 4.78 is 0. The first kappa shape index (κ1) is 17.3. The van der Waals surface area contributed by atoms with Gasteiger partial charge in [-0.3, -0.25) is 9.78 Å². The Labute approximate surface area is 139 Å². The zero-order valence-corrected chi connectivity index (χ0v) is 13.3. The number of anilines is 2. The van der Waals surface area contributed by atoms with Gasteiger partial charge in [0, 0.05) is 41.3 Å². The number of nitrogen functional groups attached to an aromatic ring is 2. The Morgan fingerprint density at radius 3 is 2.83 bits per heavy atom. The number of aromatic hydroxyl groups is 1. The van der Waals surface area contributed by atoms with Gasteiger partial charge in [-0.05, 0) is 36.8 Å². The Balaban J connectivity index is 2.08. The minimum atomic E-state index is -0.366. The molecule has 1 aromatic heterocycles. The van der Waals surface area contributed by atoms with Crippen molar-refractivity contribution in [2.45, 2.75) is 20.1 Å². The number of nitrogens with one attached hydrogen (secondary N) is 1. The van der Waals surface area contributed by atoms with Crippen LogP contribution >= 0.6 is 0 Å². The maximum absolute atomic E-state index is 12.0. The maximum Gasteiger partial charge on any atom is 0.244 e. The first-order valence-electron chi connectivity index (χ1n) is 7.30. The molecule has 0 radical (unpaired) electrons. The van der Waals surface area contributed by atoms with Gasteiger partial charge in [-0.15, -0.1) is 0 Å². The Morgan fingerprint density at radius 1 is 1.38 bits per heavy atom. The number of pyridine rings is 1. The normalized spacial score (nSPS) is 10.9. The van der Waals surface area contributed by atoms with Crippen molar-refractivity contribution in [1.29, 1.82) is 0 Å². The molecule has 0 fully saturated rings. The molecular formula is C17H20N4O3. The van der Waals surface area contributed by atoms with Crippen molar-refractivity contribution in [3.05, 3.63) is 52.9 Å². The predicted molar refractivity (Wildman–Crippen MR) is 92.7 cm³/mol. The minimum absolute atomic E-state index is 0.0362. The fraction of sp³-hybridized carbons (Fsp3) is 0.176. The van der Waals surface area contributed by atoms with Crippen LogP contribution < -0.4 is 16.8 Å². The molecule has 1 aromatic carbocycles. The maximum atomic E-state index is 12.0. The summed E-state index contributed by atoms with van der Waals surface area (Å²) in [7, 11) is 0. The van der Waals surface area contributed by atoms with Crippen LogP contribution in [0.15, 0.2) is 30.5 Å². The molecule has 0 aliphatic carbocycles. The number of aliphatic hydroxyl groups excluding tert-OH is 1. The van der Waals surface area contributed by atoms with Crippen molar-refractivity contribution in [3.63, 3.8) is 0 Å². The van der Waals surface area contributed by atoms with E-state index in [2.05, 4.69) is 10.3 Å². The lowest BCUT2D eigenvalue weighted by Crippen LogP contribution is -2.21. The van der Waals surface area contributed by atoms with Crippen molar-refractivity contribution in [2.24, 2.45) is 0 Å². The second kappa shape index (κ2) is 7.47. The second-order valence-electron chi connectivity index (χ2n) is 5.29. The molecule has 2 rings (SSSR count). The standard InChI is InChI=1S/C17H20N4O3/c1-10-17(24)14(12(9-22)7-20-10)8-21-16(23)5-2-11-6-13(18)3-4-15(11)19/h2-7,22,24H,8-9,18-19H2,1H3,(H,21,23). The van der Waals surface area contributed by atoms with E-state index < -0.39 is 0 Å². The summed E-state index contributed by atoms with van der Waals surface area (Å²) in [6.45, 7) is 1.44. The SMILES string of the molecule is Cc1ncc(CO)c(CNC(=O)C=Cc2cc(N)ccc2N)c1O. The highest BCUT2D eigenvalue weighted by Gasteiger charge is 2.11. The minimum Gasteiger partial charge on any atom is -0.506 e. The number of nitrogens with two attached hydrogens (primary N) is 2. The fourth-order valence-electron chi connectivity index (χ4n) is 2.16. The number of rotatable bonds is 5. The van der Waals surface area contributed by atoms with Gasteiger partial charge in [0.15, 0.2) is 0 Å². The van der Waals surface area contributed by atoms with E-state index in [0.717, 1.165) is 0 Å². The second-order valence-corrected chi connectivity index (χ2v) is 5.29. The van der Waals surface area contributed by atoms with E-state index in [1.165, 1.54) is 12.3 Å². The van der Waals surface area contributed by atoms with Crippen LogP contribution in [0.2, 0.25) is 0 Å². The molecule has 0 aliphatic heterocycles. The number of aliphatic hydroxyl groups is 1. The van der Waals surface area contributed by atoms with Crippen LogP contribution in [0, 0.1) is 6.92 Å². The predicted octanol–water partition coefficient (Wildman–Crippen LogP) is 1.08. The zero-order valence-electron chi connectivity index (χ0n) is 13.3. The molecule has 7 heteroatoms. The molecule has 0 saturated carbocycles. The van der Waals surface area contributed by atoms with Gasteiger partial charge in [-0.25, -0.2) is 0 Å². The fourth-order valence-corrected chi connectivity index (χ4v) is 2.16. The van der Waals surface area contributed by atoms with Crippen molar-refractivity contribution in [1.82, 2.24) is 10.3 Å². The molecule has 0 aliphatic rings. The lowest BCUT2D eigenvalue weighted by Gasteiger charge is -2.11. The highest BCUT2D eigenvalue weighted by molar-refractivity contribution is 5.92. The van der Waals surface area contributed by atoms with Crippen molar-refractivity contribution in [3.8, 4) is 5.75 Å². The quantitative estimate of drug-likeness (QED) is 0.412. The molecule has 24 heavy (non-hydrogen) atoms. The molecule has 7 N–H and O–H groups in total. The lowest BCUT2D eigenvalue weighted by molar-refractivity contribution is -0.116. The number of hydrogen-bond acceptors (Lipinski definition) is 6. The highest BCUT2D eigenvalue weighted by atomic mass is 16.3. The number of amides is 1. The van der Waals surface area contributed by atoms with E-state index >= 15 is 0 Å². The van der Waals surface area contributed by atoms with Gasteiger partial charge in [0.2, 0.25) is 5.91 Å². The number of carbonyl (C=O) groups excluding carboxylic acids is 1. The van der Waals surface area contributed by atoms with Crippen molar-refractivity contribution < 1.29 is 15.0 Å². The van der Waals surface area contributed by atoms with Gasteiger partial charge >= 0.3 is 0 Å². The first-order valence-corrected chi connectivity index (χ1v) is 7.30. The number of aryl methyl sites for hydroxylation is 1. The van der Waals surface area contributed by atoms with Crippen LogP contribution in [0.3, 0.4) is 0 Å². The van der Waals surface area contributed by atoms with Crippen LogP contribution in [0.5, 0.6) is 5.75 Å². The first-order chi connectivity index (χ1) is 11.4. The van der Waals surface area contributed by atoms with E-state index in [4.69, 9.17) is 11.5 Å². The van der Waals surface area contributed by atoms with Gasteiger partial charge in [0.25, 0.3) is 0 Å². The van der Waals surface area contributed by atoms with Gasteiger partial charge in [0.1, 0.15) is 5.75 Å². The molecule has 0 unspecified atom stereocenters. The third-order valence-electron chi connectivity index (χ3n) is 3.57. The van der Waals surface area contributed by atoms with Gasteiger partial charge in [-0.1, -0.05) is 0 Å². The van der Waals surface area contributed by atoms with Crippen molar-refractivity contribution in [2.75, 3.05) is 11.5 Å². The summed E-state index contributed by atoms with van der Waals surface area (Å²) in [5, 5.41) is 22.0. The molecule has 0 bridgehead atoms. The average molecular weight is 328 g/mol. The van der Waals surface area contributed by atoms with Gasteiger partial charge in [-0.2, -0.15) is 0 Å². The summed E-state index contributed by atoms with van der Waals surface area (Å²) in [5.74, 6) is -0.402. The molecule has 0 spiro atoms. The average Bonchev–Trinajstić information content (AvgIpc) is 2.57. The molecule has 2 aromatic rings. The molecule has 0 saturated heterocycles. The summed E-state index contributed by atoms with van der Waals surface area (Å²) in [4.78, 5) is 15.9. The van der Waals surface area contributed by atoms with Gasteiger partial charge in [0.05, 0.1) is 12.3 Å².